The molecule has 1 aliphatic carbocycles. The third-order valence-electron chi connectivity index (χ3n) is 5.37. The van der Waals surface area contributed by atoms with Crippen molar-refractivity contribution in [2.75, 3.05) is 12.4 Å². The summed E-state index contributed by atoms with van der Waals surface area (Å²) in [6.45, 7) is 1.80. The zero-order chi connectivity index (χ0) is 19.1. The second-order valence-electron chi connectivity index (χ2n) is 6.92. The fourth-order valence-electron chi connectivity index (χ4n) is 3.73. The monoisotopic (exact) mass is 357 g/mol. The number of para-hydroxylation sites is 1. The summed E-state index contributed by atoms with van der Waals surface area (Å²) in [7, 11) is 4.46. The average molecular weight is 357 g/mol. The molecule has 2 aromatic rings. The lowest BCUT2D eigenvalue weighted by Crippen LogP contribution is -2.50. The number of esters is 1. The summed E-state index contributed by atoms with van der Waals surface area (Å²) < 4.78 is 7.62. The summed E-state index contributed by atoms with van der Waals surface area (Å²) >= 11 is 0. The lowest BCUT2D eigenvalue weighted by atomic mass is 9.70. The van der Waals surface area contributed by atoms with E-state index in [1.54, 1.807) is 14.0 Å². The Labute approximate surface area is 151 Å². The molecule has 0 aliphatic heterocycles. The van der Waals surface area contributed by atoms with Crippen molar-refractivity contribution in [2.45, 2.75) is 25.8 Å². The normalized spacial score (nSPS) is 21.8. The molecule has 0 bridgehead atoms. The maximum Gasteiger partial charge on any atom is 0.330 e. The summed E-state index contributed by atoms with van der Waals surface area (Å²) in [6, 6.07) is 8.78. The van der Waals surface area contributed by atoms with Crippen LogP contribution < -0.4 is 16.6 Å². The standard InChI is InChI=1S/C19H23N3O4/c1-19(17(24)26-4)11-10-13-14(16(23)22(3)18(25)21(13)2)15(19)20-12-8-6-5-7-9-12/h5-9,15,20H,10-11H2,1-4H3/t15-,19-/m1/s1. The van der Waals surface area contributed by atoms with Gasteiger partial charge in [0.1, 0.15) is 0 Å². The van der Waals surface area contributed by atoms with Crippen LogP contribution in [0.3, 0.4) is 0 Å². The lowest BCUT2D eigenvalue weighted by molar-refractivity contribution is -0.153. The van der Waals surface area contributed by atoms with Crippen LogP contribution in [0.4, 0.5) is 5.69 Å². The van der Waals surface area contributed by atoms with Crippen molar-refractivity contribution in [1.82, 2.24) is 9.13 Å². The number of benzene rings is 1. The molecule has 138 valence electrons. The second kappa shape index (κ2) is 6.48. The highest BCUT2D eigenvalue weighted by Crippen LogP contribution is 2.44. The number of carbonyl (C=O) groups excluding carboxylic acids is 1. The molecule has 26 heavy (non-hydrogen) atoms. The number of methoxy groups -OCH3 is 1. The van der Waals surface area contributed by atoms with Crippen molar-refractivity contribution in [2.24, 2.45) is 19.5 Å². The van der Waals surface area contributed by atoms with Crippen LogP contribution in [0.5, 0.6) is 0 Å². The first kappa shape index (κ1) is 18.0. The van der Waals surface area contributed by atoms with E-state index >= 15 is 0 Å². The molecule has 0 amide bonds. The van der Waals surface area contributed by atoms with Crippen molar-refractivity contribution in [3.8, 4) is 0 Å². The van der Waals surface area contributed by atoms with Crippen LogP contribution >= 0.6 is 0 Å². The van der Waals surface area contributed by atoms with E-state index in [0.29, 0.717) is 24.1 Å². The van der Waals surface area contributed by atoms with Gasteiger partial charge in [0.15, 0.2) is 0 Å². The Morgan fingerprint density at radius 3 is 2.46 bits per heavy atom. The molecule has 2 atom stereocenters. The van der Waals surface area contributed by atoms with E-state index in [2.05, 4.69) is 5.32 Å². The van der Waals surface area contributed by atoms with Crippen molar-refractivity contribution in [1.29, 1.82) is 0 Å². The summed E-state index contributed by atoms with van der Waals surface area (Å²) in [5, 5.41) is 3.33. The van der Waals surface area contributed by atoms with Crippen molar-refractivity contribution < 1.29 is 9.53 Å². The molecule has 1 aromatic heterocycles. The van der Waals surface area contributed by atoms with Crippen LogP contribution in [-0.2, 0) is 30.0 Å². The predicted octanol–water partition coefficient (Wildman–Crippen LogP) is 1.36. The molecule has 7 heteroatoms. The largest absolute Gasteiger partial charge is 0.469 e. The minimum Gasteiger partial charge on any atom is -0.469 e. The van der Waals surface area contributed by atoms with Gasteiger partial charge in [0.05, 0.1) is 24.1 Å². The molecule has 0 saturated carbocycles. The zero-order valence-electron chi connectivity index (χ0n) is 15.4. The van der Waals surface area contributed by atoms with Gasteiger partial charge in [-0.1, -0.05) is 18.2 Å². The smallest absolute Gasteiger partial charge is 0.330 e. The third-order valence-corrected chi connectivity index (χ3v) is 5.37. The van der Waals surface area contributed by atoms with Crippen LogP contribution in [-0.4, -0.2) is 22.2 Å². The van der Waals surface area contributed by atoms with Gasteiger partial charge < -0.3 is 14.6 Å². The number of aromatic nitrogens is 2. The molecule has 7 nitrogen and oxygen atoms in total. The Kier molecular flexibility index (Phi) is 4.48. The van der Waals surface area contributed by atoms with Crippen LogP contribution in [0.15, 0.2) is 39.9 Å². The minimum atomic E-state index is -0.929. The van der Waals surface area contributed by atoms with E-state index in [1.165, 1.54) is 18.7 Å². The highest BCUT2D eigenvalue weighted by Gasteiger charge is 2.48. The molecule has 0 spiro atoms. The summed E-state index contributed by atoms with van der Waals surface area (Å²) in [5.74, 6) is -0.382. The number of nitrogens with zero attached hydrogens (tertiary/aromatic N) is 2. The first-order chi connectivity index (χ1) is 12.3. The van der Waals surface area contributed by atoms with E-state index in [1.807, 2.05) is 30.3 Å². The van der Waals surface area contributed by atoms with E-state index in [0.717, 1.165) is 10.3 Å². The molecule has 1 N–H and O–H groups in total. The lowest BCUT2D eigenvalue weighted by Gasteiger charge is -2.41. The maximum atomic E-state index is 12.9. The Hall–Kier alpha value is -2.83. The van der Waals surface area contributed by atoms with Crippen LogP contribution in [0.1, 0.15) is 30.6 Å². The number of anilines is 1. The fourth-order valence-corrected chi connectivity index (χ4v) is 3.73. The zero-order valence-corrected chi connectivity index (χ0v) is 15.4. The van der Waals surface area contributed by atoms with Gasteiger partial charge in [0.2, 0.25) is 0 Å². The molecule has 1 aliphatic rings. The molecule has 0 saturated heterocycles. The quantitative estimate of drug-likeness (QED) is 0.839. The number of hydrogen-bond acceptors (Lipinski definition) is 5. The van der Waals surface area contributed by atoms with Gasteiger partial charge in [-0.15, -0.1) is 0 Å². The molecule has 1 aromatic carbocycles. The first-order valence-electron chi connectivity index (χ1n) is 8.50. The van der Waals surface area contributed by atoms with Gasteiger partial charge >= 0.3 is 11.7 Å². The highest BCUT2D eigenvalue weighted by molar-refractivity contribution is 5.79. The van der Waals surface area contributed by atoms with Crippen molar-refractivity contribution in [3.05, 3.63) is 62.4 Å². The predicted molar refractivity (Wildman–Crippen MR) is 98.2 cm³/mol. The van der Waals surface area contributed by atoms with Crippen molar-refractivity contribution >= 4 is 11.7 Å². The van der Waals surface area contributed by atoms with Crippen LogP contribution in [0.25, 0.3) is 0 Å². The topological polar surface area (TPSA) is 82.3 Å². The van der Waals surface area contributed by atoms with Gasteiger partial charge in [-0.25, -0.2) is 4.79 Å². The van der Waals surface area contributed by atoms with Gasteiger partial charge in [0.25, 0.3) is 5.56 Å². The van der Waals surface area contributed by atoms with Crippen molar-refractivity contribution in [3.63, 3.8) is 0 Å². The average Bonchev–Trinajstić information content (AvgIpc) is 2.66. The van der Waals surface area contributed by atoms with Gasteiger partial charge in [-0.05, 0) is 31.9 Å². The van der Waals surface area contributed by atoms with E-state index in [9.17, 15) is 14.4 Å². The Balaban J connectivity index is 2.26. The molecule has 0 unspecified atom stereocenters. The van der Waals surface area contributed by atoms with Gasteiger partial charge in [-0.2, -0.15) is 0 Å². The van der Waals surface area contributed by atoms with E-state index < -0.39 is 11.5 Å². The summed E-state index contributed by atoms with van der Waals surface area (Å²) in [5.41, 5.74) is 0.211. The molecular weight excluding hydrogens is 334 g/mol. The number of hydrogen-bond donors (Lipinski definition) is 1. The molecule has 3 rings (SSSR count). The fraction of sp³-hybridized carbons (Fsp3) is 0.421. The van der Waals surface area contributed by atoms with Crippen LogP contribution in [0, 0.1) is 5.41 Å². The number of nitrogens with one attached hydrogen (secondary N) is 1. The number of fused-ring (bicyclic) bond motifs is 1. The van der Waals surface area contributed by atoms with Gasteiger partial charge in [0, 0.05) is 25.5 Å². The third kappa shape index (κ3) is 2.64. The summed E-state index contributed by atoms with van der Waals surface area (Å²) in [6.07, 6.45) is 0.924. The second-order valence-corrected chi connectivity index (χ2v) is 6.92. The first-order valence-corrected chi connectivity index (χ1v) is 8.50. The Bertz CT molecular complexity index is 961. The van der Waals surface area contributed by atoms with Crippen LogP contribution in [0.2, 0.25) is 0 Å². The Morgan fingerprint density at radius 1 is 1.19 bits per heavy atom. The van der Waals surface area contributed by atoms with Gasteiger partial charge in [-0.3, -0.25) is 14.2 Å². The van der Waals surface area contributed by atoms with E-state index in [4.69, 9.17) is 4.74 Å². The number of ether oxygens (including phenoxy) is 1. The molecule has 1 heterocycles. The molecule has 0 radical (unpaired) electrons. The Morgan fingerprint density at radius 2 is 1.85 bits per heavy atom. The highest BCUT2D eigenvalue weighted by atomic mass is 16.5. The number of carbonyl (C=O) groups is 1. The molecule has 0 fully saturated rings. The SMILES string of the molecule is COC(=O)[C@]1(C)CCc2c(c(=O)n(C)c(=O)n2C)[C@H]1Nc1ccccc1. The van der Waals surface area contributed by atoms with E-state index in [-0.39, 0.29) is 17.2 Å². The number of rotatable bonds is 3. The summed E-state index contributed by atoms with van der Waals surface area (Å²) in [4.78, 5) is 37.8. The molecular formula is C19H23N3O4. The minimum absolute atomic E-state index is 0.367. The maximum absolute atomic E-state index is 12.9.